The molecule has 1 heterocycles. The van der Waals surface area contributed by atoms with Crippen LogP contribution in [-0.2, 0) is 13.2 Å². The molecule has 0 saturated heterocycles. The SMILES string of the molecule is CCOc1ccc(COc2cccc(/C=C/C(=O)c3ccn(CC)n3)c2)cc1OCC. The summed E-state index contributed by atoms with van der Waals surface area (Å²) in [7, 11) is 0. The van der Waals surface area contributed by atoms with Crippen LogP contribution < -0.4 is 14.2 Å². The smallest absolute Gasteiger partial charge is 0.206 e. The lowest BCUT2D eigenvalue weighted by Gasteiger charge is -2.13. The molecule has 0 aliphatic carbocycles. The summed E-state index contributed by atoms with van der Waals surface area (Å²) in [5.41, 5.74) is 2.29. The molecule has 0 unspecified atom stereocenters. The number of carbonyl (C=O) groups is 1. The largest absolute Gasteiger partial charge is 0.490 e. The van der Waals surface area contributed by atoms with Crippen molar-refractivity contribution in [3.63, 3.8) is 0 Å². The fourth-order valence-corrected chi connectivity index (χ4v) is 2.99. The highest BCUT2D eigenvalue weighted by molar-refractivity contribution is 6.05. The molecule has 31 heavy (non-hydrogen) atoms. The van der Waals surface area contributed by atoms with Gasteiger partial charge >= 0.3 is 0 Å². The second kappa shape index (κ2) is 11.0. The molecule has 0 bridgehead atoms. The Kier molecular flexibility index (Phi) is 7.87. The first kappa shape index (κ1) is 22.2. The minimum Gasteiger partial charge on any atom is -0.490 e. The predicted molar refractivity (Wildman–Crippen MR) is 121 cm³/mol. The molecule has 6 nitrogen and oxygen atoms in total. The third-order valence-electron chi connectivity index (χ3n) is 4.52. The fourth-order valence-electron chi connectivity index (χ4n) is 2.99. The molecule has 1 aromatic heterocycles. The van der Waals surface area contributed by atoms with Gasteiger partial charge in [0.1, 0.15) is 18.1 Å². The van der Waals surface area contributed by atoms with E-state index in [0.29, 0.717) is 31.3 Å². The van der Waals surface area contributed by atoms with Crippen LogP contribution in [0.4, 0.5) is 0 Å². The average Bonchev–Trinajstić information content (AvgIpc) is 3.28. The Labute approximate surface area is 183 Å². The maximum Gasteiger partial charge on any atom is 0.206 e. The molecule has 0 amide bonds. The first-order valence-electron chi connectivity index (χ1n) is 10.5. The number of allylic oxidation sites excluding steroid dienone is 1. The predicted octanol–water partition coefficient (Wildman–Crippen LogP) is 5.18. The van der Waals surface area contributed by atoms with Gasteiger partial charge in [0.05, 0.1) is 13.2 Å². The van der Waals surface area contributed by atoms with Crippen molar-refractivity contribution in [3.8, 4) is 17.2 Å². The quantitative estimate of drug-likeness (QED) is 0.316. The van der Waals surface area contributed by atoms with Gasteiger partial charge in [-0.15, -0.1) is 0 Å². The lowest BCUT2D eigenvalue weighted by atomic mass is 10.1. The molecule has 0 aliphatic heterocycles. The zero-order valence-electron chi connectivity index (χ0n) is 18.2. The Morgan fingerprint density at radius 3 is 2.52 bits per heavy atom. The molecule has 6 heteroatoms. The molecule has 0 spiro atoms. The van der Waals surface area contributed by atoms with Crippen LogP contribution in [0.25, 0.3) is 6.08 Å². The Hall–Kier alpha value is -3.54. The summed E-state index contributed by atoms with van der Waals surface area (Å²) in [5.74, 6) is 2.04. The minimum atomic E-state index is -0.128. The van der Waals surface area contributed by atoms with E-state index < -0.39 is 0 Å². The van der Waals surface area contributed by atoms with Crippen LogP contribution in [0.2, 0.25) is 0 Å². The van der Waals surface area contributed by atoms with Crippen molar-refractivity contribution in [2.75, 3.05) is 13.2 Å². The number of rotatable bonds is 11. The van der Waals surface area contributed by atoms with Gasteiger partial charge in [0.15, 0.2) is 11.5 Å². The molecule has 3 rings (SSSR count). The van der Waals surface area contributed by atoms with Crippen molar-refractivity contribution in [2.45, 2.75) is 33.9 Å². The van der Waals surface area contributed by atoms with Crippen molar-refractivity contribution in [3.05, 3.63) is 77.6 Å². The highest BCUT2D eigenvalue weighted by atomic mass is 16.5. The van der Waals surface area contributed by atoms with Crippen LogP contribution in [0.3, 0.4) is 0 Å². The van der Waals surface area contributed by atoms with Gasteiger partial charge in [-0.1, -0.05) is 24.3 Å². The summed E-state index contributed by atoms with van der Waals surface area (Å²) in [6.45, 7) is 8.14. The summed E-state index contributed by atoms with van der Waals surface area (Å²) in [6.07, 6.45) is 5.10. The third-order valence-corrected chi connectivity index (χ3v) is 4.52. The molecule has 0 N–H and O–H groups in total. The van der Waals surface area contributed by atoms with Gasteiger partial charge in [0.25, 0.3) is 0 Å². The third kappa shape index (κ3) is 6.22. The molecule has 2 aromatic carbocycles. The van der Waals surface area contributed by atoms with E-state index in [-0.39, 0.29) is 5.78 Å². The van der Waals surface area contributed by atoms with Crippen molar-refractivity contribution in [2.24, 2.45) is 0 Å². The highest BCUT2D eigenvalue weighted by Gasteiger charge is 2.08. The zero-order valence-corrected chi connectivity index (χ0v) is 18.2. The Balaban J connectivity index is 1.64. The van der Waals surface area contributed by atoms with E-state index in [1.807, 2.05) is 63.2 Å². The monoisotopic (exact) mass is 420 g/mol. The van der Waals surface area contributed by atoms with Gasteiger partial charge in [-0.05, 0) is 68.3 Å². The van der Waals surface area contributed by atoms with Gasteiger partial charge in [-0.25, -0.2) is 0 Å². The van der Waals surface area contributed by atoms with Crippen molar-refractivity contribution < 1.29 is 19.0 Å². The first-order chi connectivity index (χ1) is 15.1. The highest BCUT2D eigenvalue weighted by Crippen LogP contribution is 2.29. The van der Waals surface area contributed by atoms with E-state index in [9.17, 15) is 4.79 Å². The fraction of sp³-hybridized carbons (Fsp3) is 0.280. The van der Waals surface area contributed by atoms with E-state index in [4.69, 9.17) is 14.2 Å². The number of hydrogen-bond acceptors (Lipinski definition) is 5. The first-order valence-corrected chi connectivity index (χ1v) is 10.5. The van der Waals surface area contributed by atoms with Crippen molar-refractivity contribution >= 4 is 11.9 Å². The standard InChI is InChI=1S/C25H28N2O4/c1-4-27-15-14-22(26-27)23(28)12-10-19-8-7-9-21(16-19)31-18-20-11-13-24(29-5-2)25(17-20)30-6-3/h7-17H,4-6,18H2,1-3H3/b12-10+. The topological polar surface area (TPSA) is 62.6 Å². The number of hydrogen-bond donors (Lipinski definition) is 0. The van der Waals surface area contributed by atoms with Gasteiger partial charge in [0.2, 0.25) is 5.78 Å². The lowest BCUT2D eigenvalue weighted by molar-refractivity contribution is 0.104. The number of benzene rings is 2. The zero-order chi connectivity index (χ0) is 22.1. The van der Waals surface area contributed by atoms with Crippen LogP contribution in [0.5, 0.6) is 17.2 Å². The number of carbonyl (C=O) groups excluding carboxylic acids is 1. The number of aromatic nitrogens is 2. The lowest BCUT2D eigenvalue weighted by Crippen LogP contribution is -2.01. The Bertz CT molecular complexity index is 1040. The normalized spacial score (nSPS) is 10.9. The van der Waals surface area contributed by atoms with Crippen LogP contribution in [0, 0.1) is 0 Å². The van der Waals surface area contributed by atoms with Gasteiger partial charge < -0.3 is 14.2 Å². The molecule has 0 saturated carbocycles. The second-order valence-corrected chi connectivity index (χ2v) is 6.76. The molecule has 0 radical (unpaired) electrons. The maximum absolute atomic E-state index is 12.3. The Morgan fingerprint density at radius 2 is 1.77 bits per heavy atom. The van der Waals surface area contributed by atoms with E-state index in [0.717, 1.165) is 29.2 Å². The van der Waals surface area contributed by atoms with Crippen molar-refractivity contribution in [1.29, 1.82) is 0 Å². The summed E-state index contributed by atoms with van der Waals surface area (Å²) in [6, 6.07) is 15.1. The minimum absolute atomic E-state index is 0.128. The molecule has 0 atom stereocenters. The van der Waals surface area contributed by atoms with E-state index in [1.165, 1.54) is 6.08 Å². The summed E-state index contributed by atoms with van der Waals surface area (Å²) in [5, 5.41) is 4.23. The maximum atomic E-state index is 12.3. The number of nitrogens with zero attached hydrogens (tertiary/aromatic N) is 2. The summed E-state index contributed by atoms with van der Waals surface area (Å²) >= 11 is 0. The van der Waals surface area contributed by atoms with E-state index >= 15 is 0 Å². The number of ketones is 1. The van der Waals surface area contributed by atoms with E-state index in [1.54, 1.807) is 23.0 Å². The Morgan fingerprint density at radius 1 is 0.968 bits per heavy atom. The molecular formula is C25H28N2O4. The van der Waals surface area contributed by atoms with Gasteiger partial charge in [-0.2, -0.15) is 5.10 Å². The molecule has 3 aromatic rings. The van der Waals surface area contributed by atoms with Crippen molar-refractivity contribution in [1.82, 2.24) is 9.78 Å². The van der Waals surface area contributed by atoms with Crippen LogP contribution in [0.1, 0.15) is 42.4 Å². The van der Waals surface area contributed by atoms with Crippen LogP contribution in [-0.4, -0.2) is 28.8 Å². The van der Waals surface area contributed by atoms with E-state index in [2.05, 4.69) is 5.10 Å². The molecule has 162 valence electrons. The molecule has 0 fully saturated rings. The van der Waals surface area contributed by atoms with Crippen LogP contribution in [0.15, 0.2) is 60.8 Å². The van der Waals surface area contributed by atoms with Crippen LogP contribution >= 0.6 is 0 Å². The van der Waals surface area contributed by atoms with Gasteiger partial charge in [-0.3, -0.25) is 9.48 Å². The summed E-state index contributed by atoms with van der Waals surface area (Å²) in [4.78, 5) is 12.3. The average molecular weight is 421 g/mol. The number of aryl methyl sites for hydroxylation is 1. The number of ether oxygens (including phenoxy) is 3. The summed E-state index contributed by atoms with van der Waals surface area (Å²) < 4.78 is 18.9. The molecular weight excluding hydrogens is 392 g/mol. The molecule has 0 aliphatic rings. The van der Waals surface area contributed by atoms with Gasteiger partial charge in [0, 0.05) is 12.7 Å². The second-order valence-electron chi connectivity index (χ2n) is 6.76.